The molecule has 2 unspecified atom stereocenters. The minimum atomic E-state index is -1.10. The topological polar surface area (TPSA) is 71.1 Å². The number of hydrogen-bond acceptors (Lipinski definition) is 3. The fourth-order valence-corrected chi connectivity index (χ4v) is 3.17. The molecule has 130 valence electrons. The van der Waals surface area contributed by atoms with Gasteiger partial charge in [-0.2, -0.15) is 0 Å². The summed E-state index contributed by atoms with van der Waals surface area (Å²) < 4.78 is 12.9. The Labute approximate surface area is 157 Å². The minimum absolute atomic E-state index is 0.0772. The van der Waals surface area contributed by atoms with Crippen molar-refractivity contribution in [3.63, 3.8) is 0 Å². The third-order valence-corrected chi connectivity index (χ3v) is 4.37. The molecule has 1 heterocycles. The first kappa shape index (κ1) is 17.9. The fourth-order valence-electron chi connectivity index (χ4n) is 2.18. The van der Waals surface area contributed by atoms with Crippen LogP contribution in [0.3, 0.4) is 0 Å². The molecule has 1 fully saturated rings. The summed E-state index contributed by atoms with van der Waals surface area (Å²) in [5.41, 5.74) is 0.443. The van der Waals surface area contributed by atoms with Gasteiger partial charge in [0.05, 0.1) is 21.5 Å². The van der Waals surface area contributed by atoms with Gasteiger partial charge in [-0.05, 0) is 24.6 Å². The number of anilines is 2. The highest BCUT2D eigenvalue weighted by atomic mass is 35.5. The van der Waals surface area contributed by atoms with Crippen molar-refractivity contribution in [3.05, 3.63) is 51.1 Å². The molecule has 5 nitrogen and oxygen atoms in total. The highest BCUT2D eigenvalue weighted by Gasteiger charge is 2.43. The van der Waals surface area contributed by atoms with E-state index in [1.807, 2.05) is 0 Å². The lowest BCUT2D eigenvalue weighted by atomic mass is 10.2. The Bertz CT molecular complexity index is 839. The van der Waals surface area contributed by atoms with Gasteiger partial charge in [-0.25, -0.2) is 9.37 Å². The summed E-state index contributed by atoms with van der Waals surface area (Å²) >= 11 is 17.9. The van der Waals surface area contributed by atoms with Crippen molar-refractivity contribution in [2.75, 3.05) is 10.6 Å². The van der Waals surface area contributed by atoms with Crippen molar-refractivity contribution in [2.45, 2.75) is 12.6 Å². The van der Waals surface area contributed by atoms with Crippen molar-refractivity contribution >= 4 is 58.1 Å². The van der Waals surface area contributed by atoms with Gasteiger partial charge in [0, 0.05) is 23.0 Å². The lowest BCUT2D eigenvalue weighted by Crippen LogP contribution is -2.17. The predicted octanol–water partition coefficient (Wildman–Crippen LogP) is 4.59. The van der Waals surface area contributed by atoms with Gasteiger partial charge in [0.25, 0.3) is 5.91 Å². The number of carbonyl (C=O) groups is 2. The Balaban J connectivity index is 1.74. The molecule has 2 atom stereocenters. The van der Waals surface area contributed by atoms with Crippen molar-refractivity contribution in [2.24, 2.45) is 5.92 Å². The van der Waals surface area contributed by atoms with Crippen molar-refractivity contribution in [3.8, 4) is 0 Å². The zero-order valence-corrected chi connectivity index (χ0v) is 14.8. The summed E-state index contributed by atoms with van der Waals surface area (Å²) in [4.78, 5) is 28.1. The number of alkyl halides is 1. The molecule has 0 radical (unpaired) electrons. The predicted molar refractivity (Wildman–Crippen MR) is 95.3 cm³/mol. The lowest BCUT2D eigenvalue weighted by molar-refractivity contribution is -0.117. The van der Waals surface area contributed by atoms with Gasteiger partial charge < -0.3 is 10.6 Å². The van der Waals surface area contributed by atoms with Crippen LogP contribution in [0.1, 0.15) is 16.8 Å². The normalized spacial score (nSPS) is 18.6. The van der Waals surface area contributed by atoms with Gasteiger partial charge in [0.2, 0.25) is 5.91 Å². The monoisotopic (exact) mass is 401 g/mol. The summed E-state index contributed by atoms with van der Waals surface area (Å²) in [7, 11) is 0. The molecular weight excluding hydrogens is 392 g/mol. The van der Waals surface area contributed by atoms with Crippen LogP contribution in [0.4, 0.5) is 15.9 Å². The molecule has 9 heteroatoms. The number of nitrogens with zero attached hydrogens (tertiary/aromatic N) is 1. The van der Waals surface area contributed by atoms with Gasteiger partial charge in [0.1, 0.15) is 12.0 Å². The minimum Gasteiger partial charge on any atom is -0.322 e. The number of benzene rings is 1. The van der Waals surface area contributed by atoms with Crippen molar-refractivity contribution < 1.29 is 14.0 Å². The Morgan fingerprint density at radius 1 is 1.12 bits per heavy atom. The zero-order chi connectivity index (χ0) is 18.1. The van der Waals surface area contributed by atoms with E-state index in [2.05, 4.69) is 15.6 Å². The summed E-state index contributed by atoms with van der Waals surface area (Å²) in [6, 6.07) is 5.79. The van der Waals surface area contributed by atoms with Crippen LogP contribution in [0.2, 0.25) is 15.1 Å². The maximum Gasteiger partial charge on any atom is 0.258 e. The molecular formula is C16H11Cl3FN3O2. The van der Waals surface area contributed by atoms with Gasteiger partial charge >= 0.3 is 0 Å². The van der Waals surface area contributed by atoms with E-state index in [-0.39, 0.29) is 27.8 Å². The Hall–Kier alpha value is -1.89. The van der Waals surface area contributed by atoms with E-state index in [1.165, 1.54) is 30.5 Å². The van der Waals surface area contributed by atoms with Crippen LogP contribution < -0.4 is 10.6 Å². The molecule has 2 aromatic rings. The second-order valence-corrected chi connectivity index (χ2v) is 6.73. The third kappa shape index (κ3) is 4.21. The SMILES string of the molecule is O=C(Nc1ccnc(NC(=O)C2CC2F)c1)c1c(Cl)cc(Cl)cc1Cl. The summed E-state index contributed by atoms with van der Waals surface area (Å²) in [5, 5.41) is 5.65. The standard InChI is InChI=1S/C16H11Cl3FN3O2/c17-7-3-10(18)14(11(19)4-7)16(25)22-8-1-2-21-13(5-8)23-15(24)9-6-12(9)20/h1-5,9,12H,6H2,(H2,21,22,23,24,25). The molecule has 1 aromatic carbocycles. The van der Waals surface area contributed by atoms with E-state index >= 15 is 0 Å². The van der Waals surface area contributed by atoms with Gasteiger partial charge in [-0.1, -0.05) is 34.8 Å². The number of amides is 2. The average Bonchev–Trinajstić information content (AvgIpc) is 3.23. The molecule has 2 N–H and O–H groups in total. The molecule has 0 spiro atoms. The van der Waals surface area contributed by atoms with Gasteiger partial charge in [-0.15, -0.1) is 0 Å². The van der Waals surface area contributed by atoms with E-state index < -0.39 is 23.9 Å². The van der Waals surface area contributed by atoms with Crippen LogP contribution in [0.25, 0.3) is 0 Å². The maximum absolute atomic E-state index is 12.9. The van der Waals surface area contributed by atoms with E-state index in [0.717, 1.165) is 0 Å². The summed E-state index contributed by atoms with van der Waals surface area (Å²) in [6.07, 6.45) is 0.517. The van der Waals surface area contributed by atoms with Crippen LogP contribution in [-0.4, -0.2) is 23.0 Å². The highest BCUT2D eigenvalue weighted by Crippen LogP contribution is 2.34. The second-order valence-electron chi connectivity index (χ2n) is 5.48. The highest BCUT2D eigenvalue weighted by molar-refractivity contribution is 6.42. The van der Waals surface area contributed by atoms with E-state index in [4.69, 9.17) is 34.8 Å². The first-order chi connectivity index (χ1) is 11.8. The molecule has 0 saturated heterocycles. The number of rotatable bonds is 4. The largest absolute Gasteiger partial charge is 0.322 e. The number of aromatic nitrogens is 1. The van der Waals surface area contributed by atoms with Crippen LogP contribution in [-0.2, 0) is 4.79 Å². The second kappa shape index (κ2) is 7.15. The van der Waals surface area contributed by atoms with Gasteiger partial charge in [-0.3, -0.25) is 9.59 Å². The molecule has 1 saturated carbocycles. The van der Waals surface area contributed by atoms with Crippen LogP contribution in [0, 0.1) is 5.92 Å². The summed E-state index contributed by atoms with van der Waals surface area (Å²) in [6.45, 7) is 0. The molecule has 1 aliphatic rings. The number of pyridine rings is 1. The third-order valence-electron chi connectivity index (χ3n) is 3.55. The Morgan fingerprint density at radius 3 is 2.36 bits per heavy atom. The van der Waals surface area contributed by atoms with Crippen LogP contribution >= 0.6 is 34.8 Å². The lowest BCUT2D eigenvalue weighted by Gasteiger charge is -2.10. The smallest absolute Gasteiger partial charge is 0.258 e. The van der Waals surface area contributed by atoms with Crippen LogP contribution in [0.5, 0.6) is 0 Å². The zero-order valence-electron chi connectivity index (χ0n) is 12.5. The number of halogens is 4. The molecule has 0 aliphatic heterocycles. The van der Waals surface area contributed by atoms with E-state index in [1.54, 1.807) is 0 Å². The molecule has 2 amide bonds. The van der Waals surface area contributed by atoms with Crippen molar-refractivity contribution in [1.29, 1.82) is 0 Å². The Kier molecular flexibility index (Phi) is 5.13. The Morgan fingerprint density at radius 2 is 1.76 bits per heavy atom. The molecule has 25 heavy (non-hydrogen) atoms. The fraction of sp³-hybridized carbons (Fsp3) is 0.188. The van der Waals surface area contributed by atoms with Crippen molar-refractivity contribution in [1.82, 2.24) is 4.98 Å². The van der Waals surface area contributed by atoms with Crippen LogP contribution in [0.15, 0.2) is 30.5 Å². The van der Waals surface area contributed by atoms with E-state index in [9.17, 15) is 14.0 Å². The number of nitrogens with one attached hydrogen (secondary N) is 2. The molecule has 1 aliphatic carbocycles. The molecule has 1 aromatic heterocycles. The molecule has 3 rings (SSSR count). The van der Waals surface area contributed by atoms with E-state index in [0.29, 0.717) is 10.7 Å². The first-order valence-electron chi connectivity index (χ1n) is 7.22. The quantitative estimate of drug-likeness (QED) is 0.786. The number of carbonyl (C=O) groups excluding carboxylic acids is 2. The summed E-state index contributed by atoms with van der Waals surface area (Å²) in [5.74, 6) is -1.41. The maximum atomic E-state index is 12.9. The first-order valence-corrected chi connectivity index (χ1v) is 8.35. The van der Waals surface area contributed by atoms with Gasteiger partial charge in [0.15, 0.2) is 0 Å². The molecule has 0 bridgehead atoms. The average molecular weight is 403 g/mol. The number of hydrogen-bond donors (Lipinski definition) is 2.